The van der Waals surface area contributed by atoms with E-state index in [4.69, 9.17) is 21.1 Å². The minimum atomic E-state index is -0.165. The fourth-order valence-electron chi connectivity index (χ4n) is 2.55. The van der Waals surface area contributed by atoms with Crippen LogP contribution in [0.2, 0.25) is 5.02 Å². The van der Waals surface area contributed by atoms with Crippen molar-refractivity contribution in [2.75, 3.05) is 34.9 Å². The Kier molecular flexibility index (Phi) is 6.67. The van der Waals surface area contributed by atoms with Gasteiger partial charge < -0.3 is 19.7 Å². The molecule has 5 nitrogen and oxygen atoms in total. The number of hydrogen-bond acceptors (Lipinski definition) is 4. The van der Waals surface area contributed by atoms with Gasteiger partial charge in [-0.05, 0) is 50.0 Å². The number of halogens is 1. The monoisotopic (exact) mass is 362 g/mol. The van der Waals surface area contributed by atoms with Gasteiger partial charge >= 0.3 is 0 Å². The summed E-state index contributed by atoms with van der Waals surface area (Å²) in [5.41, 5.74) is 1.60. The standard InChI is InChI=1S/C19H23ClN2O3/c1-22(2)16(13-5-8-15(20)9-6-13)12-21-19(23)14-7-10-17(24-3)18(11-14)25-4/h5-11,16H,12H2,1-4H3,(H,21,23). The summed E-state index contributed by atoms with van der Waals surface area (Å²) in [5.74, 6) is 0.949. The van der Waals surface area contributed by atoms with Gasteiger partial charge in [-0.25, -0.2) is 0 Å². The molecule has 2 aromatic carbocycles. The molecule has 2 rings (SSSR count). The highest BCUT2D eigenvalue weighted by atomic mass is 35.5. The van der Waals surface area contributed by atoms with Crippen LogP contribution in [0.15, 0.2) is 42.5 Å². The van der Waals surface area contributed by atoms with Crippen molar-refractivity contribution in [2.45, 2.75) is 6.04 Å². The van der Waals surface area contributed by atoms with Gasteiger partial charge in [-0.3, -0.25) is 4.79 Å². The lowest BCUT2D eigenvalue weighted by molar-refractivity contribution is 0.0941. The van der Waals surface area contributed by atoms with Crippen LogP contribution in [-0.2, 0) is 0 Å². The van der Waals surface area contributed by atoms with Crippen LogP contribution in [0.1, 0.15) is 22.0 Å². The van der Waals surface area contributed by atoms with Gasteiger partial charge in [0.05, 0.1) is 20.3 Å². The number of nitrogens with zero attached hydrogens (tertiary/aromatic N) is 1. The Morgan fingerprint density at radius 2 is 1.72 bits per heavy atom. The molecule has 2 aromatic rings. The molecule has 1 amide bonds. The first-order valence-corrected chi connectivity index (χ1v) is 8.26. The SMILES string of the molecule is COc1ccc(C(=O)NCC(c2ccc(Cl)cc2)N(C)C)cc1OC. The number of amides is 1. The maximum absolute atomic E-state index is 12.5. The van der Waals surface area contributed by atoms with E-state index in [2.05, 4.69) is 10.2 Å². The van der Waals surface area contributed by atoms with Crippen LogP contribution in [0.5, 0.6) is 11.5 Å². The second-order valence-corrected chi connectivity index (χ2v) is 6.25. The molecule has 0 aliphatic rings. The number of carbonyl (C=O) groups excluding carboxylic acids is 1. The molecular weight excluding hydrogens is 340 g/mol. The maximum Gasteiger partial charge on any atom is 0.251 e. The van der Waals surface area contributed by atoms with Crippen LogP contribution in [0.25, 0.3) is 0 Å². The fourth-order valence-corrected chi connectivity index (χ4v) is 2.68. The molecule has 0 aliphatic heterocycles. The molecular formula is C19H23ClN2O3. The third-order valence-electron chi connectivity index (χ3n) is 3.98. The van der Waals surface area contributed by atoms with E-state index < -0.39 is 0 Å². The number of likely N-dealkylation sites (N-methyl/N-ethyl adjacent to an activating group) is 1. The summed E-state index contributed by atoms with van der Waals surface area (Å²) in [6.45, 7) is 0.474. The minimum Gasteiger partial charge on any atom is -0.493 e. The van der Waals surface area contributed by atoms with Gasteiger partial charge in [0.2, 0.25) is 0 Å². The molecule has 0 bridgehead atoms. The summed E-state index contributed by atoms with van der Waals surface area (Å²) in [6.07, 6.45) is 0. The molecule has 0 saturated heterocycles. The van der Waals surface area contributed by atoms with Crippen LogP contribution in [0.4, 0.5) is 0 Å². The summed E-state index contributed by atoms with van der Waals surface area (Å²) in [4.78, 5) is 14.5. The Morgan fingerprint density at radius 3 is 2.28 bits per heavy atom. The number of hydrogen-bond donors (Lipinski definition) is 1. The molecule has 25 heavy (non-hydrogen) atoms. The molecule has 0 spiro atoms. The lowest BCUT2D eigenvalue weighted by Crippen LogP contribution is -2.34. The first kappa shape index (κ1) is 19.1. The maximum atomic E-state index is 12.5. The minimum absolute atomic E-state index is 0.0429. The fraction of sp³-hybridized carbons (Fsp3) is 0.316. The predicted octanol–water partition coefficient (Wildman–Crippen LogP) is 3.39. The van der Waals surface area contributed by atoms with Gasteiger partial charge in [0.1, 0.15) is 0 Å². The van der Waals surface area contributed by atoms with Crippen LogP contribution in [0.3, 0.4) is 0 Å². The van der Waals surface area contributed by atoms with Crippen molar-refractivity contribution < 1.29 is 14.3 Å². The van der Waals surface area contributed by atoms with Gasteiger partial charge in [-0.15, -0.1) is 0 Å². The van der Waals surface area contributed by atoms with E-state index in [1.165, 1.54) is 0 Å². The summed E-state index contributed by atoms with van der Waals surface area (Å²) >= 11 is 5.95. The zero-order valence-corrected chi connectivity index (χ0v) is 15.6. The second-order valence-electron chi connectivity index (χ2n) is 5.81. The summed E-state index contributed by atoms with van der Waals surface area (Å²) in [7, 11) is 7.05. The van der Waals surface area contributed by atoms with Crippen molar-refractivity contribution in [3.05, 3.63) is 58.6 Å². The first-order valence-electron chi connectivity index (χ1n) is 7.88. The molecule has 6 heteroatoms. The zero-order valence-electron chi connectivity index (χ0n) is 14.9. The lowest BCUT2D eigenvalue weighted by Gasteiger charge is -2.25. The average Bonchev–Trinajstić information content (AvgIpc) is 2.62. The number of nitrogens with one attached hydrogen (secondary N) is 1. The quantitative estimate of drug-likeness (QED) is 0.820. The largest absolute Gasteiger partial charge is 0.493 e. The smallest absolute Gasteiger partial charge is 0.251 e. The van der Waals surface area contributed by atoms with E-state index in [-0.39, 0.29) is 11.9 Å². The van der Waals surface area contributed by atoms with Crippen molar-refractivity contribution in [2.24, 2.45) is 0 Å². The van der Waals surface area contributed by atoms with Crippen molar-refractivity contribution >= 4 is 17.5 Å². The van der Waals surface area contributed by atoms with Crippen molar-refractivity contribution in [1.82, 2.24) is 10.2 Å². The van der Waals surface area contributed by atoms with Crippen LogP contribution in [0, 0.1) is 0 Å². The molecule has 1 atom stereocenters. The van der Waals surface area contributed by atoms with Crippen molar-refractivity contribution in [3.8, 4) is 11.5 Å². The Labute approximate surface area is 153 Å². The Morgan fingerprint density at radius 1 is 1.08 bits per heavy atom. The molecule has 1 unspecified atom stereocenters. The Bertz CT molecular complexity index is 717. The number of rotatable bonds is 7. The second kappa shape index (κ2) is 8.74. The van der Waals surface area contributed by atoms with Gasteiger partial charge in [0.25, 0.3) is 5.91 Å². The van der Waals surface area contributed by atoms with Gasteiger partial charge in [0, 0.05) is 17.1 Å². The molecule has 134 valence electrons. The molecule has 0 fully saturated rings. The third-order valence-corrected chi connectivity index (χ3v) is 4.23. The number of benzene rings is 2. The van der Waals surface area contributed by atoms with E-state index in [0.29, 0.717) is 28.6 Å². The van der Waals surface area contributed by atoms with E-state index in [1.54, 1.807) is 32.4 Å². The first-order chi connectivity index (χ1) is 12.0. The summed E-state index contributed by atoms with van der Waals surface area (Å²) < 4.78 is 10.4. The van der Waals surface area contributed by atoms with E-state index in [0.717, 1.165) is 5.56 Å². The lowest BCUT2D eigenvalue weighted by atomic mass is 10.1. The zero-order chi connectivity index (χ0) is 18.4. The van der Waals surface area contributed by atoms with Crippen LogP contribution < -0.4 is 14.8 Å². The van der Waals surface area contributed by atoms with E-state index in [9.17, 15) is 4.79 Å². The van der Waals surface area contributed by atoms with Crippen LogP contribution >= 0.6 is 11.6 Å². The highest BCUT2D eigenvalue weighted by Crippen LogP contribution is 2.27. The summed E-state index contributed by atoms with van der Waals surface area (Å²) in [6, 6.07) is 12.8. The predicted molar refractivity (Wildman–Crippen MR) is 99.8 cm³/mol. The molecule has 0 aromatic heterocycles. The van der Waals surface area contributed by atoms with Gasteiger partial charge in [-0.2, -0.15) is 0 Å². The number of methoxy groups -OCH3 is 2. The molecule has 0 saturated carbocycles. The molecule has 0 heterocycles. The molecule has 0 aliphatic carbocycles. The van der Waals surface area contributed by atoms with Crippen molar-refractivity contribution in [3.63, 3.8) is 0 Å². The average molecular weight is 363 g/mol. The topological polar surface area (TPSA) is 50.8 Å². The highest BCUT2D eigenvalue weighted by molar-refractivity contribution is 6.30. The molecule has 0 radical (unpaired) electrons. The Hall–Kier alpha value is -2.24. The Balaban J connectivity index is 2.10. The van der Waals surface area contributed by atoms with E-state index >= 15 is 0 Å². The van der Waals surface area contributed by atoms with Crippen LogP contribution in [-0.4, -0.2) is 45.7 Å². The third kappa shape index (κ3) is 4.87. The number of ether oxygens (including phenoxy) is 2. The van der Waals surface area contributed by atoms with Crippen molar-refractivity contribution in [1.29, 1.82) is 0 Å². The summed E-state index contributed by atoms with van der Waals surface area (Å²) in [5, 5.41) is 3.66. The molecule has 1 N–H and O–H groups in total. The van der Waals surface area contributed by atoms with Gasteiger partial charge in [0.15, 0.2) is 11.5 Å². The van der Waals surface area contributed by atoms with Gasteiger partial charge in [-0.1, -0.05) is 23.7 Å². The number of carbonyl (C=O) groups is 1. The highest BCUT2D eigenvalue weighted by Gasteiger charge is 2.17. The normalized spacial score (nSPS) is 11.9. The van der Waals surface area contributed by atoms with E-state index in [1.807, 2.05) is 38.4 Å².